The number of hydrogen-bond acceptors (Lipinski definition) is 7. The van der Waals surface area contributed by atoms with Gasteiger partial charge in [0, 0.05) is 17.3 Å². The normalized spacial score (nSPS) is 10.9. The summed E-state index contributed by atoms with van der Waals surface area (Å²) in [6.45, 7) is 5.03. The van der Waals surface area contributed by atoms with Crippen LogP contribution in [0.25, 0.3) is 11.0 Å². The first kappa shape index (κ1) is 23.1. The molecule has 0 aliphatic rings. The Kier molecular flexibility index (Phi) is 6.67. The van der Waals surface area contributed by atoms with E-state index in [0.29, 0.717) is 30.1 Å². The Morgan fingerprint density at radius 1 is 1.03 bits per heavy atom. The first-order valence-corrected chi connectivity index (χ1v) is 10.9. The molecule has 0 spiro atoms. The van der Waals surface area contributed by atoms with Crippen LogP contribution < -0.4 is 14.8 Å². The summed E-state index contributed by atoms with van der Waals surface area (Å²) in [6, 6.07) is 13.3. The lowest BCUT2D eigenvalue weighted by Gasteiger charge is -2.14. The maximum atomic E-state index is 12.0. The van der Waals surface area contributed by atoms with E-state index in [-0.39, 0.29) is 0 Å². The second kappa shape index (κ2) is 9.82. The van der Waals surface area contributed by atoms with E-state index in [1.54, 1.807) is 26.4 Å². The summed E-state index contributed by atoms with van der Waals surface area (Å²) in [6.07, 6.45) is 1.81. The Bertz CT molecular complexity index is 1330. The molecule has 4 aromatic rings. The molecule has 8 heteroatoms. The predicted molar refractivity (Wildman–Crippen MR) is 131 cm³/mol. The maximum Gasteiger partial charge on any atom is 0.337 e. The molecule has 0 bridgehead atoms. The molecule has 0 atom stereocenters. The SMILES string of the molecule is COC(=O)c1ccc2c(c1)nc(NCc1ncc(C)c(OC)c1C)n2Cc1ccc(OC)cc1. The molecule has 4 rings (SSSR count). The number of imidazole rings is 1. The fourth-order valence-corrected chi connectivity index (χ4v) is 4.00. The summed E-state index contributed by atoms with van der Waals surface area (Å²) >= 11 is 0. The number of nitrogens with zero attached hydrogens (tertiary/aromatic N) is 3. The number of nitrogens with one attached hydrogen (secondary N) is 1. The largest absolute Gasteiger partial charge is 0.497 e. The zero-order valence-corrected chi connectivity index (χ0v) is 20.0. The van der Waals surface area contributed by atoms with Crippen molar-refractivity contribution in [2.24, 2.45) is 0 Å². The van der Waals surface area contributed by atoms with Crippen molar-refractivity contribution >= 4 is 23.0 Å². The molecule has 2 heterocycles. The summed E-state index contributed by atoms with van der Waals surface area (Å²) in [5.74, 6) is 1.91. The van der Waals surface area contributed by atoms with E-state index in [9.17, 15) is 4.79 Å². The van der Waals surface area contributed by atoms with Crippen molar-refractivity contribution in [2.75, 3.05) is 26.6 Å². The average molecular weight is 461 g/mol. The van der Waals surface area contributed by atoms with Crippen LogP contribution in [0.2, 0.25) is 0 Å². The number of ether oxygens (including phenoxy) is 3. The molecular weight excluding hydrogens is 432 g/mol. The molecule has 0 aliphatic heterocycles. The highest BCUT2D eigenvalue weighted by Gasteiger charge is 2.16. The van der Waals surface area contributed by atoms with Crippen molar-refractivity contribution < 1.29 is 19.0 Å². The number of aromatic nitrogens is 3. The van der Waals surface area contributed by atoms with Crippen LogP contribution in [0.5, 0.6) is 11.5 Å². The molecule has 0 saturated heterocycles. The fraction of sp³-hybridized carbons (Fsp3) is 0.269. The summed E-state index contributed by atoms with van der Waals surface area (Å²) in [7, 11) is 4.68. The molecule has 0 saturated carbocycles. The number of methoxy groups -OCH3 is 3. The Morgan fingerprint density at radius 3 is 2.47 bits per heavy atom. The van der Waals surface area contributed by atoms with Gasteiger partial charge in [0.1, 0.15) is 11.5 Å². The van der Waals surface area contributed by atoms with Crippen LogP contribution in [0.3, 0.4) is 0 Å². The van der Waals surface area contributed by atoms with Crippen LogP contribution in [-0.2, 0) is 17.8 Å². The Balaban J connectivity index is 1.71. The molecule has 2 aromatic carbocycles. The number of fused-ring (bicyclic) bond motifs is 1. The van der Waals surface area contributed by atoms with Crippen LogP contribution in [0.4, 0.5) is 5.95 Å². The van der Waals surface area contributed by atoms with Gasteiger partial charge in [0.05, 0.1) is 56.7 Å². The molecular formula is C26H28N4O4. The van der Waals surface area contributed by atoms with Crippen molar-refractivity contribution in [3.8, 4) is 11.5 Å². The fourth-order valence-electron chi connectivity index (χ4n) is 4.00. The van der Waals surface area contributed by atoms with Crippen LogP contribution in [0.1, 0.15) is 32.7 Å². The van der Waals surface area contributed by atoms with Crippen molar-refractivity contribution in [2.45, 2.75) is 26.9 Å². The Hall–Kier alpha value is -4.07. The molecule has 8 nitrogen and oxygen atoms in total. The highest BCUT2D eigenvalue weighted by Crippen LogP contribution is 2.27. The van der Waals surface area contributed by atoms with Gasteiger partial charge in [0.15, 0.2) is 0 Å². The monoisotopic (exact) mass is 460 g/mol. The van der Waals surface area contributed by atoms with E-state index in [1.807, 2.05) is 50.4 Å². The maximum absolute atomic E-state index is 12.0. The van der Waals surface area contributed by atoms with Gasteiger partial charge >= 0.3 is 5.97 Å². The molecule has 0 amide bonds. The average Bonchev–Trinajstić information content (AvgIpc) is 3.20. The molecule has 0 unspecified atom stereocenters. The smallest absolute Gasteiger partial charge is 0.337 e. The van der Waals surface area contributed by atoms with E-state index in [4.69, 9.17) is 19.2 Å². The molecule has 0 aliphatic carbocycles. The van der Waals surface area contributed by atoms with Gasteiger partial charge in [-0.05, 0) is 49.7 Å². The minimum atomic E-state index is -0.396. The summed E-state index contributed by atoms with van der Waals surface area (Å²) in [5, 5.41) is 3.43. The third-order valence-corrected chi connectivity index (χ3v) is 5.83. The number of rotatable bonds is 8. The zero-order chi connectivity index (χ0) is 24.2. The van der Waals surface area contributed by atoms with Crippen LogP contribution >= 0.6 is 0 Å². The standard InChI is InChI=1S/C26H28N4O4/c1-16-13-27-22(17(2)24(16)33-4)14-28-26-29-21-12-19(25(31)34-5)8-11-23(21)30(26)15-18-6-9-20(32-3)10-7-18/h6-13H,14-15H2,1-5H3,(H,28,29). The van der Waals surface area contributed by atoms with Crippen LogP contribution in [-0.4, -0.2) is 41.8 Å². The lowest BCUT2D eigenvalue weighted by Crippen LogP contribution is -2.11. The van der Waals surface area contributed by atoms with Gasteiger partial charge in [-0.1, -0.05) is 12.1 Å². The van der Waals surface area contributed by atoms with Crippen molar-refractivity contribution in [1.82, 2.24) is 14.5 Å². The highest BCUT2D eigenvalue weighted by molar-refractivity contribution is 5.94. The minimum absolute atomic E-state index is 0.396. The molecule has 2 aromatic heterocycles. The van der Waals surface area contributed by atoms with E-state index < -0.39 is 5.97 Å². The number of hydrogen-bond donors (Lipinski definition) is 1. The first-order valence-electron chi connectivity index (χ1n) is 10.9. The van der Waals surface area contributed by atoms with Crippen molar-refractivity contribution in [1.29, 1.82) is 0 Å². The second-order valence-corrected chi connectivity index (χ2v) is 7.96. The lowest BCUT2D eigenvalue weighted by atomic mass is 10.1. The van der Waals surface area contributed by atoms with Gasteiger partial charge in [0.25, 0.3) is 0 Å². The van der Waals surface area contributed by atoms with Crippen molar-refractivity contribution in [3.63, 3.8) is 0 Å². The topological polar surface area (TPSA) is 87.5 Å². The number of esters is 1. The zero-order valence-electron chi connectivity index (χ0n) is 20.0. The molecule has 1 N–H and O–H groups in total. The Morgan fingerprint density at radius 2 is 1.79 bits per heavy atom. The summed E-state index contributed by atoms with van der Waals surface area (Å²) in [4.78, 5) is 21.4. The number of aryl methyl sites for hydroxylation is 1. The number of carbonyl (C=O) groups excluding carboxylic acids is 1. The number of anilines is 1. The third-order valence-electron chi connectivity index (χ3n) is 5.83. The highest BCUT2D eigenvalue weighted by atomic mass is 16.5. The van der Waals surface area contributed by atoms with Crippen molar-refractivity contribution in [3.05, 3.63) is 76.6 Å². The van der Waals surface area contributed by atoms with E-state index in [1.165, 1.54) is 7.11 Å². The molecule has 0 radical (unpaired) electrons. The lowest BCUT2D eigenvalue weighted by molar-refractivity contribution is 0.0601. The van der Waals surface area contributed by atoms with Gasteiger partial charge in [-0.2, -0.15) is 0 Å². The van der Waals surface area contributed by atoms with Crippen LogP contribution in [0, 0.1) is 13.8 Å². The summed E-state index contributed by atoms with van der Waals surface area (Å²) < 4.78 is 17.8. The number of pyridine rings is 1. The first-order chi connectivity index (χ1) is 16.4. The minimum Gasteiger partial charge on any atom is -0.497 e. The molecule has 34 heavy (non-hydrogen) atoms. The predicted octanol–water partition coefficient (Wildman–Crippen LogP) is 4.51. The van der Waals surface area contributed by atoms with Gasteiger partial charge < -0.3 is 24.1 Å². The quantitative estimate of drug-likeness (QED) is 0.387. The molecule has 0 fully saturated rings. The van der Waals surface area contributed by atoms with Gasteiger partial charge in [0.2, 0.25) is 5.95 Å². The summed E-state index contributed by atoms with van der Waals surface area (Å²) in [5.41, 5.74) is 6.00. The number of benzene rings is 2. The van der Waals surface area contributed by atoms with Gasteiger partial charge in [-0.25, -0.2) is 9.78 Å². The van der Waals surface area contributed by atoms with Gasteiger partial charge in [-0.3, -0.25) is 4.98 Å². The van der Waals surface area contributed by atoms with E-state index >= 15 is 0 Å². The second-order valence-electron chi connectivity index (χ2n) is 7.96. The van der Waals surface area contributed by atoms with E-state index in [0.717, 1.165) is 39.4 Å². The Labute approximate surface area is 198 Å². The molecule has 176 valence electrons. The number of carbonyl (C=O) groups is 1. The van der Waals surface area contributed by atoms with Gasteiger partial charge in [-0.15, -0.1) is 0 Å². The van der Waals surface area contributed by atoms with Crippen LogP contribution in [0.15, 0.2) is 48.7 Å². The van der Waals surface area contributed by atoms with E-state index in [2.05, 4.69) is 14.9 Å². The third kappa shape index (κ3) is 4.52.